The molecule has 0 saturated heterocycles. The summed E-state index contributed by atoms with van der Waals surface area (Å²) >= 11 is 6.18. The minimum absolute atomic E-state index is 0.107. The molecule has 0 spiro atoms. The average molecular weight is 376 g/mol. The number of aryl methyl sites for hydroxylation is 1. The summed E-state index contributed by atoms with van der Waals surface area (Å²) in [6.45, 7) is 11.4. The fourth-order valence-corrected chi connectivity index (χ4v) is 3.05. The van der Waals surface area contributed by atoms with E-state index in [2.05, 4.69) is 13.8 Å². The minimum Gasteiger partial charge on any atom is -0.459 e. The lowest BCUT2D eigenvalue weighted by Crippen LogP contribution is -2.30. The second-order valence-electron chi connectivity index (χ2n) is 7.81. The normalized spacial score (nSPS) is 11.7. The molecule has 0 atom stereocenters. The Balaban J connectivity index is 2.44. The van der Waals surface area contributed by atoms with Crippen molar-refractivity contribution in [2.75, 3.05) is 0 Å². The summed E-state index contributed by atoms with van der Waals surface area (Å²) in [4.78, 5) is 24.6. The third-order valence-corrected chi connectivity index (χ3v) is 4.21. The number of ether oxygens (including phenoxy) is 1. The van der Waals surface area contributed by atoms with Crippen LogP contribution in [0.5, 0.6) is 0 Å². The molecule has 0 fully saturated rings. The Kier molecular flexibility index (Phi) is 5.97. The van der Waals surface area contributed by atoms with Crippen molar-refractivity contribution >= 4 is 17.6 Å². The van der Waals surface area contributed by atoms with Gasteiger partial charge in [0.15, 0.2) is 0 Å². The third kappa shape index (κ3) is 4.98. The van der Waals surface area contributed by atoms with E-state index in [1.807, 2.05) is 25.1 Å². The number of halogens is 1. The Labute approximate surface area is 159 Å². The molecular formula is C21H26ClNO3. The van der Waals surface area contributed by atoms with Crippen LogP contribution in [-0.4, -0.2) is 16.1 Å². The first-order valence-electron chi connectivity index (χ1n) is 8.70. The van der Waals surface area contributed by atoms with Crippen molar-refractivity contribution in [1.82, 2.24) is 4.57 Å². The Bertz CT molecular complexity index is 876. The molecule has 2 rings (SSSR count). The lowest BCUT2D eigenvalue weighted by molar-refractivity contribution is -0.155. The van der Waals surface area contributed by atoms with Crippen molar-refractivity contribution in [3.05, 3.63) is 57.0 Å². The van der Waals surface area contributed by atoms with Crippen LogP contribution in [0.3, 0.4) is 0 Å². The molecule has 0 saturated carbocycles. The summed E-state index contributed by atoms with van der Waals surface area (Å²) in [6.07, 6.45) is 1.70. The summed E-state index contributed by atoms with van der Waals surface area (Å²) in [7, 11) is 0. The average Bonchev–Trinajstić information content (AvgIpc) is 2.48. The molecule has 0 aliphatic heterocycles. The van der Waals surface area contributed by atoms with Gasteiger partial charge in [0, 0.05) is 17.3 Å². The number of pyridine rings is 1. The van der Waals surface area contributed by atoms with E-state index in [4.69, 9.17) is 16.3 Å². The lowest BCUT2D eigenvalue weighted by atomic mass is 9.91. The quantitative estimate of drug-likeness (QED) is 0.711. The van der Waals surface area contributed by atoms with Gasteiger partial charge in [0.05, 0.1) is 0 Å². The molecule has 26 heavy (non-hydrogen) atoms. The SMILES string of the molecule is Cc1cn(CC(=O)OC(C)(C)C)c(=O)cc1-c1cc(Cl)ccc1C(C)C. The third-order valence-electron chi connectivity index (χ3n) is 3.97. The molecule has 140 valence electrons. The van der Waals surface area contributed by atoms with Gasteiger partial charge < -0.3 is 9.30 Å². The van der Waals surface area contributed by atoms with E-state index < -0.39 is 11.6 Å². The number of hydrogen-bond acceptors (Lipinski definition) is 3. The van der Waals surface area contributed by atoms with E-state index in [-0.39, 0.29) is 12.1 Å². The number of benzene rings is 1. The van der Waals surface area contributed by atoms with E-state index in [0.29, 0.717) is 10.9 Å². The van der Waals surface area contributed by atoms with E-state index in [1.54, 1.807) is 33.0 Å². The van der Waals surface area contributed by atoms with Crippen LogP contribution < -0.4 is 5.56 Å². The second-order valence-corrected chi connectivity index (χ2v) is 8.25. The minimum atomic E-state index is -0.581. The molecule has 4 nitrogen and oxygen atoms in total. The van der Waals surface area contributed by atoms with Gasteiger partial charge in [-0.1, -0.05) is 31.5 Å². The Morgan fingerprint density at radius 2 is 1.85 bits per heavy atom. The number of hydrogen-bond donors (Lipinski definition) is 0. The van der Waals surface area contributed by atoms with Gasteiger partial charge in [-0.25, -0.2) is 0 Å². The fourth-order valence-electron chi connectivity index (χ4n) is 2.88. The Morgan fingerprint density at radius 3 is 2.42 bits per heavy atom. The van der Waals surface area contributed by atoms with Crippen molar-refractivity contribution in [3.8, 4) is 11.1 Å². The van der Waals surface area contributed by atoms with Crippen LogP contribution >= 0.6 is 11.6 Å². The summed E-state index contributed by atoms with van der Waals surface area (Å²) in [5.41, 5.74) is 2.99. The highest BCUT2D eigenvalue weighted by molar-refractivity contribution is 6.30. The predicted molar refractivity (Wildman–Crippen MR) is 106 cm³/mol. The van der Waals surface area contributed by atoms with Gasteiger partial charge in [-0.05, 0) is 68.0 Å². The topological polar surface area (TPSA) is 48.3 Å². The predicted octanol–water partition coefficient (Wildman–Crippen LogP) is 4.94. The molecule has 0 aliphatic rings. The Hall–Kier alpha value is -2.07. The second kappa shape index (κ2) is 7.67. The maximum Gasteiger partial charge on any atom is 0.326 e. The fraction of sp³-hybridized carbons (Fsp3) is 0.429. The maximum absolute atomic E-state index is 12.6. The van der Waals surface area contributed by atoms with Crippen LogP contribution in [0.25, 0.3) is 11.1 Å². The first-order chi connectivity index (χ1) is 12.0. The first kappa shape index (κ1) is 20.2. The lowest BCUT2D eigenvalue weighted by Gasteiger charge is -2.20. The van der Waals surface area contributed by atoms with Gasteiger partial charge in [0.1, 0.15) is 12.1 Å². The van der Waals surface area contributed by atoms with Gasteiger partial charge in [-0.3, -0.25) is 9.59 Å². The monoisotopic (exact) mass is 375 g/mol. The molecular weight excluding hydrogens is 350 g/mol. The van der Waals surface area contributed by atoms with Crippen molar-refractivity contribution in [1.29, 1.82) is 0 Å². The molecule has 1 aromatic carbocycles. The molecule has 2 aromatic rings. The molecule has 5 heteroatoms. The molecule has 1 heterocycles. The molecule has 0 aliphatic carbocycles. The number of nitrogens with zero attached hydrogens (tertiary/aromatic N) is 1. The first-order valence-corrected chi connectivity index (χ1v) is 9.08. The van der Waals surface area contributed by atoms with Crippen molar-refractivity contribution in [3.63, 3.8) is 0 Å². The summed E-state index contributed by atoms with van der Waals surface area (Å²) in [5.74, 6) is -0.136. The summed E-state index contributed by atoms with van der Waals surface area (Å²) < 4.78 is 6.68. The molecule has 0 bridgehead atoms. The molecule has 1 aromatic heterocycles. The van der Waals surface area contributed by atoms with Crippen LogP contribution in [0.2, 0.25) is 5.02 Å². The van der Waals surface area contributed by atoms with Crippen molar-refractivity contribution < 1.29 is 9.53 Å². The zero-order valence-corrected chi connectivity index (χ0v) is 17.0. The van der Waals surface area contributed by atoms with E-state index in [0.717, 1.165) is 22.3 Å². The molecule has 0 N–H and O–H groups in total. The standard InChI is InChI=1S/C21H26ClNO3/c1-13(2)16-8-7-15(22)9-18(16)17-10-19(24)23(11-14(17)3)12-20(25)26-21(4,5)6/h7-11,13H,12H2,1-6H3. The van der Waals surface area contributed by atoms with Crippen LogP contribution in [0.15, 0.2) is 35.3 Å². The van der Waals surface area contributed by atoms with Crippen molar-refractivity contribution in [2.24, 2.45) is 0 Å². The van der Waals surface area contributed by atoms with Crippen LogP contribution in [0.4, 0.5) is 0 Å². The van der Waals surface area contributed by atoms with Gasteiger partial charge >= 0.3 is 5.97 Å². The smallest absolute Gasteiger partial charge is 0.326 e. The highest BCUT2D eigenvalue weighted by Gasteiger charge is 2.18. The van der Waals surface area contributed by atoms with Gasteiger partial charge in [0.25, 0.3) is 5.56 Å². The molecule has 0 unspecified atom stereocenters. The maximum atomic E-state index is 12.6. The molecule has 0 amide bonds. The van der Waals surface area contributed by atoms with Gasteiger partial charge in [0.2, 0.25) is 0 Å². The number of carbonyl (C=O) groups is 1. The highest BCUT2D eigenvalue weighted by atomic mass is 35.5. The summed E-state index contributed by atoms with van der Waals surface area (Å²) in [6, 6.07) is 7.31. The van der Waals surface area contributed by atoms with E-state index in [9.17, 15) is 9.59 Å². The highest BCUT2D eigenvalue weighted by Crippen LogP contribution is 2.32. The van der Waals surface area contributed by atoms with E-state index in [1.165, 1.54) is 4.57 Å². The number of esters is 1. The number of carbonyl (C=O) groups excluding carboxylic acids is 1. The van der Waals surface area contributed by atoms with Crippen LogP contribution in [-0.2, 0) is 16.1 Å². The number of aromatic nitrogens is 1. The number of rotatable bonds is 4. The van der Waals surface area contributed by atoms with Crippen LogP contribution in [0, 0.1) is 6.92 Å². The van der Waals surface area contributed by atoms with Gasteiger partial charge in [-0.15, -0.1) is 0 Å². The Morgan fingerprint density at radius 1 is 1.19 bits per heavy atom. The largest absolute Gasteiger partial charge is 0.459 e. The van der Waals surface area contributed by atoms with Crippen molar-refractivity contribution in [2.45, 2.75) is 59.6 Å². The molecule has 0 radical (unpaired) electrons. The van der Waals surface area contributed by atoms with Gasteiger partial charge in [-0.2, -0.15) is 0 Å². The van der Waals surface area contributed by atoms with Crippen LogP contribution in [0.1, 0.15) is 51.7 Å². The zero-order chi connectivity index (χ0) is 19.6. The zero-order valence-electron chi connectivity index (χ0n) is 16.2. The van der Waals surface area contributed by atoms with E-state index >= 15 is 0 Å². The summed E-state index contributed by atoms with van der Waals surface area (Å²) in [5, 5.41) is 0.627.